The van der Waals surface area contributed by atoms with E-state index in [0.29, 0.717) is 28.6 Å². The lowest BCUT2D eigenvalue weighted by molar-refractivity contribution is 1.01. The Bertz CT molecular complexity index is 866. The molecule has 3 rings (SSSR count). The fourth-order valence-corrected chi connectivity index (χ4v) is 2.46. The van der Waals surface area contributed by atoms with Gasteiger partial charge >= 0.3 is 0 Å². The van der Waals surface area contributed by atoms with Crippen molar-refractivity contribution in [2.24, 2.45) is 0 Å². The van der Waals surface area contributed by atoms with Gasteiger partial charge in [0.1, 0.15) is 11.4 Å². The Kier molecular flexibility index (Phi) is 4.44. The molecule has 0 bridgehead atoms. The first-order chi connectivity index (χ1) is 11.1. The Morgan fingerprint density at radius 3 is 2.17 bits per heavy atom. The molecule has 0 unspecified atom stereocenters. The zero-order valence-electron chi connectivity index (χ0n) is 12.3. The van der Waals surface area contributed by atoms with Crippen LogP contribution in [0.15, 0.2) is 64.2 Å². The molecule has 0 saturated heterocycles. The monoisotopic (exact) mass is 326 g/mol. The highest BCUT2D eigenvalue weighted by Gasteiger charge is 2.20. The quantitative estimate of drug-likeness (QED) is 0.682. The Morgan fingerprint density at radius 2 is 1.48 bits per heavy atom. The third-order valence-corrected chi connectivity index (χ3v) is 3.83. The Balaban J connectivity index is 1.66. The lowest BCUT2D eigenvalue weighted by Crippen LogP contribution is -2.37. The van der Waals surface area contributed by atoms with E-state index in [4.69, 9.17) is 11.6 Å². The Morgan fingerprint density at radius 1 is 0.826 bits per heavy atom. The topological polar surface area (TPSA) is 58.2 Å². The van der Waals surface area contributed by atoms with E-state index in [2.05, 4.69) is 10.6 Å². The smallest absolute Gasteiger partial charge is 0.253 e. The minimum absolute atomic E-state index is 0.311. The van der Waals surface area contributed by atoms with E-state index in [1.54, 1.807) is 24.3 Å². The number of anilines is 3. The van der Waals surface area contributed by atoms with Crippen molar-refractivity contribution < 1.29 is 0 Å². The maximum atomic E-state index is 11.7. The summed E-state index contributed by atoms with van der Waals surface area (Å²) in [6.07, 6.45) is 0.778. The molecule has 5 heteroatoms. The molecule has 116 valence electrons. The van der Waals surface area contributed by atoms with Gasteiger partial charge in [-0.05, 0) is 36.2 Å². The standard InChI is InChI=1S/C18H15ClN2O2/c19-13-6-8-14(9-7-13)21-16-15(17(22)18(16)23)20-11-10-12-4-2-1-3-5-12/h1-9,20-21H,10-11H2. The lowest BCUT2D eigenvalue weighted by atomic mass is 10.1. The van der Waals surface area contributed by atoms with Crippen LogP contribution in [0.2, 0.25) is 5.02 Å². The summed E-state index contributed by atoms with van der Waals surface area (Å²) >= 11 is 5.83. The highest BCUT2D eigenvalue weighted by molar-refractivity contribution is 6.30. The minimum Gasteiger partial charge on any atom is -0.380 e. The number of hydrogen-bond donors (Lipinski definition) is 2. The zero-order chi connectivity index (χ0) is 16.2. The van der Waals surface area contributed by atoms with Crippen molar-refractivity contribution in [2.45, 2.75) is 6.42 Å². The molecule has 0 aliphatic heterocycles. The molecule has 0 aliphatic carbocycles. The van der Waals surface area contributed by atoms with Gasteiger partial charge in [-0.15, -0.1) is 0 Å². The average Bonchev–Trinajstić information content (AvgIpc) is 2.59. The van der Waals surface area contributed by atoms with Gasteiger partial charge in [0.2, 0.25) is 0 Å². The van der Waals surface area contributed by atoms with Crippen molar-refractivity contribution >= 4 is 28.7 Å². The van der Waals surface area contributed by atoms with Crippen LogP contribution in [0.4, 0.5) is 17.1 Å². The van der Waals surface area contributed by atoms with Gasteiger partial charge < -0.3 is 10.6 Å². The van der Waals surface area contributed by atoms with E-state index >= 15 is 0 Å². The van der Waals surface area contributed by atoms with Crippen molar-refractivity contribution in [3.63, 3.8) is 0 Å². The van der Waals surface area contributed by atoms with Crippen LogP contribution in [-0.2, 0) is 6.42 Å². The molecule has 0 spiro atoms. The molecule has 0 amide bonds. The molecule has 0 fully saturated rings. The normalized spacial score (nSPS) is 10.7. The van der Waals surface area contributed by atoms with Crippen molar-refractivity contribution in [3.8, 4) is 0 Å². The maximum absolute atomic E-state index is 11.7. The van der Waals surface area contributed by atoms with Crippen LogP contribution < -0.4 is 21.5 Å². The van der Waals surface area contributed by atoms with Crippen molar-refractivity contribution in [3.05, 3.63) is 85.6 Å². The Labute approximate surface area is 138 Å². The van der Waals surface area contributed by atoms with Gasteiger partial charge in [-0.3, -0.25) is 9.59 Å². The molecule has 0 atom stereocenters. The molecule has 0 radical (unpaired) electrons. The van der Waals surface area contributed by atoms with Gasteiger partial charge in [0.25, 0.3) is 10.9 Å². The number of nitrogens with one attached hydrogen (secondary N) is 2. The summed E-state index contributed by atoms with van der Waals surface area (Å²) in [6.45, 7) is 0.587. The summed E-state index contributed by atoms with van der Waals surface area (Å²) < 4.78 is 0. The molecule has 0 aliphatic rings. The second-order valence-corrected chi connectivity index (χ2v) is 5.64. The third-order valence-electron chi connectivity index (χ3n) is 3.58. The largest absolute Gasteiger partial charge is 0.380 e. The summed E-state index contributed by atoms with van der Waals surface area (Å²) in [7, 11) is 0. The average molecular weight is 327 g/mol. The number of rotatable bonds is 6. The lowest BCUT2D eigenvalue weighted by Gasteiger charge is -2.15. The fourth-order valence-electron chi connectivity index (χ4n) is 2.33. The van der Waals surface area contributed by atoms with Crippen molar-refractivity contribution in [1.82, 2.24) is 0 Å². The van der Waals surface area contributed by atoms with Gasteiger partial charge in [0, 0.05) is 17.3 Å². The van der Waals surface area contributed by atoms with Crippen LogP contribution in [-0.4, -0.2) is 6.54 Å². The van der Waals surface area contributed by atoms with E-state index in [1.807, 2.05) is 30.3 Å². The molecule has 0 heterocycles. The minimum atomic E-state index is -0.498. The van der Waals surface area contributed by atoms with Gasteiger partial charge in [-0.1, -0.05) is 41.9 Å². The first kappa shape index (κ1) is 15.3. The summed E-state index contributed by atoms with van der Waals surface area (Å²) in [6, 6.07) is 16.9. The molecule has 0 saturated carbocycles. The predicted molar refractivity (Wildman–Crippen MR) is 94.7 cm³/mol. The predicted octanol–water partition coefficient (Wildman–Crippen LogP) is 3.33. The molecular formula is C18H15ClN2O2. The fraction of sp³-hybridized carbons (Fsp3) is 0.111. The summed E-state index contributed by atoms with van der Waals surface area (Å²) in [4.78, 5) is 23.5. The number of hydrogen-bond acceptors (Lipinski definition) is 4. The zero-order valence-corrected chi connectivity index (χ0v) is 13.1. The second kappa shape index (κ2) is 6.67. The molecule has 23 heavy (non-hydrogen) atoms. The molecule has 0 aromatic heterocycles. The van der Waals surface area contributed by atoms with E-state index in [9.17, 15) is 9.59 Å². The molecule has 3 aromatic rings. The van der Waals surface area contributed by atoms with Crippen LogP contribution in [0, 0.1) is 0 Å². The molecule has 4 nitrogen and oxygen atoms in total. The van der Waals surface area contributed by atoms with Gasteiger partial charge in [-0.2, -0.15) is 0 Å². The van der Waals surface area contributed by atoms with Crippen molar-refractivity contribution in [1.29, 1.82) is 0 Å². The molecule has 2 N–H and O–H groups in total. The Hall–Kier alpha value is -2.59. The highest BCUT2D eigenvalue weighted by atomic mass is 35.5. The van der Waals surface area contributed by atoms with Crippen LogP contribution in [0.3, 0.4) is 0 Å². The highest BCUT2D eigenvalue weighted by Crippen LogP contribution is 2.22. The summed E-state index contributed by atoms with van der Waals surface area (Å²) in [5, 5.41) is 6.64. The van der Waals surface area contributed by atoms with Crippen LogP contribution in [0.25, 0.3) is 0 Å². The summed E-state index contributed by atoms with van der Waals surface area (Å²) in [5.74, 6) is 0. The number of halogens is 1. The van der Waals surface area contributed by atoms with Gasteiger partial charge in [-0.25, -0.2) is 0 Å². The summed E-state index contributed by atoms with van der Waals surface area (Å²) in [5.41, 5.74) is 1.57. The van der Waals surface area contributed by atoms with E-state index in [-0.39, 0.29) is 0 Å². The SMILES string of the molecule is O=c1c(NCCc2ccccc2)c(Nc2ccc(Cl)cc2)c1=O. The molecule has 3 aromatic carbocycles. The first-order valence-corrected chi connectivity index (χ1v) is 7.66. The maximum Gasteiger partial charge on any atom is 0.253 e. The second-order valence-electron chi connectivity index (χ2n) is 5.20. The van der Waals surface area contributed by atoms with Crippen LogP contribution in [0.5, 0.6) is 0 Å². The van der Waals surface area contributed by atoms with Crippen LogP contribution in [0.1, 0.15) is 5.56 Å². The van der Waals surface area contributed by atoms with E-state index in [1.165, 1.54) is 5.56 Å². The third kappa shape index (κ3) is 3.43. The first-order valence-electron chi connectivity index (χ1n) is 7.29. The molecular weight excluding hydrogens is 312 g/mol. The number of benzene rings is 2. The van der Waals surface area contributed by atoms with Gasteiger partial charge in [0.05, 0.1) is 0 Å². The van der Waals surface area contributed by atoms with Crippen molar-refractivity contribution in [2.75, 3.05) is 17.2 Å². The van der Waals surface area contributed by atoms with Crippen LogP contribution >= 0.6 is 11.6 Å². The van der Waals surface area contributed by atoms with Gasteiger partial charge in [0.15, 0.2) is 0 Å². The van der Waals surface area contributed by atoms with E-state index < -0.39 is 10.9 Å². The van der Waals surface area contributed by atoms with E-state index in [0.717, 1.165) is 6.42 Å².